The number of rotatable bonds is 6. The van der Waals surface area contributed by atoms with Crippen LogP contribution in [0.15, 0.2) is 12.1 Å². The van der Waals surface area contributed by atoms with Gasteiger partial charge in [0.05, 0.1) is 11.4 Å². The Morgan fingerprint density at radius 3 is 2.62 bits per heavy atom. The summed E-state index contributed by atoms with van der Waals surface area (Å²) < 4.78 is 0. The number of benzene rings is 1. The zero-order valence-corrected chi connectivity index (χ0v) is 13.3. The van der Waals surface area contributed by atoms with Gasteiger partial charge in [-0.3, -0.25) is 4.79 Å². The number of nitrogens with zero attached hydrogens (tertiary/aromatic N) is 2. The Morgan fingerprint density at radius 1 is 1.19 bits per heavy atom. The van der Waals surface area contributed by atoms with Gasteiger partial charge >= 0.3 is 0 Å². The molecule has 0 saturated carbocycles. The van der Waals surface area contributed by atoms with Crippen molar-refractivity contribution in [1.82, 2.24) is 4.90 Å². The highest BCUT2D eigenvalue weighted by molar-refractivity contribution is 5.95. The SMILES string of the molecule is CCCN(CCN(C)C)c1cc2c(cc1N)NC(=O)CC2. The molecule has 5 heteroatoms. The summed E-state index contributed by atoms with van der Waals surface area (Å²) in [4.78, 5) is 16.0. The fourth-order valence-electron chi connectivity index (χ4n) is 2.65. The van der Waals surface area contributed by atoms with Gasteiger partial charge in [-0.25, -0.2) is 0 Å². The average molecular weight is 290 g/mol. The molecule has 21 heavy (non-hydrogen) atoms. The van der Waals surface area contributed by atoms with Crippen molar-refractivity contribution in [3.8, 4) is 0 Å². The maximum atomic E-state index is 11.5. The van der Waals surface area contributed by atoms with Crippen molar-refractivity contribution >= 4 is 23.0 Å². The summed E-state index contributed by atoms with van der Waals surface area (Å²) in [6.45, 7) is 5.12. The predicted molar refractivity (Wildman–Crippen MR) is 88.9 cm³/mol. The van der Waals surface area contributed by atoms with Crippen molar-refractivity contribution < 1.29 is 4.79 Å². The molecule has 0 saturated heterocycles. The van der Waals surface area contributed by atoms with E-state index >= 15 is 0 Å². The molecule has 0 bridgehead atoms. The van der Waals surface area contributed by atoms with E-state index < -0.39 is 0 Å². The minimum absolute atomic E-state index is 0.0765. The molecule has 5 nitrogen and oxygen atoms in total. The van der Waals surface area contributed by atoms with Crippen molar-refractivity contribution in [2.75, 3.05) is 49.7 Å². The number of carbonyl (C=O) groups is 1. The molecule has 1 aromatic rings. The highest BCUT2D eigenvalue weighted by atomic mass is 16.1. The number of nitrogens with one attached hydrogen (secondary N) is 1. The van der Waals surface area contributed by atoms with Crippen molar-refractivity contribution in [2.45, 2.75) is 26.2 Å². The fraction of sp³-hybridized carbons (Fsp3) is 0.562. The number of nitrogens with two attached hydrogens (primary N) is 1. The molecule has 2 rings (SSSR count). The minimum atomic E-state index is 0.0765. The van der Waals surface area contributed by atoms with Gasteiger partial charge in [-0.2, -0.15) is 0 Å². The van der Waals surface area contributed by atoms with E-state index in [9.17, 15) is 4.79 Å². The molecule has 0 aromatic heterocycles. The second kappa shape index (κ2) is 6.80. The van der Waals surface area contributed by atoms with Crippen molar-refractivity contribution in [3.05, 3.63) is 17.7 Å². The molecular weight excluding hydrogens is 264 g/mol. The van der Waals surface area contributed by atoms with Crippen molar-refractivity contribution in [1.29, 1.82) is 0 Å². The topological polar surface area (TPSA) is 61.6 Å². The average Bonchev–Trinajstić information content (AvgIpc) is 2.42. The Labute approximate surface area is 127 Å². The van der Waals surface area contributed by atoms with Crippen LogP contribution in [0.1, 0.15) is 25.3 Å². The molecule has 0 atom stereocenters. The van der Waals surface area contributed by atoms with Crippen LogP contribution in [0.25, 0.3) is 0 Å². The van der Waals surface area contributed by atoms with Gasteiger partial charge in [0.2, 0.25) is 5.91 Å². The first-order valence-electron chi connectivity index (χ1n) is 7.63. The summed E-state index contributed by atoms with van der Waals surface area (Å²) in [5.41, 5.74) is 10.1. The number of hydrogen-bond acceptors (Lipinski definition) is 4. The van der Waals surface area contributed by atoms with Crippen molar-refractivity contribution in [3.63, 3.8) is 0 Å². The van der Waals surface area contributed by atoms with Crippen LogP contribution in [-0.2, 0) is 11.2 Å². The Bertz CT molecular complexity index is 513. The molecule has 1 aromatic carbocycles. The van der Waals surface area contributed by atoms with E-state index in [1.54, 1.807) is 0 Å². The number of nitrogen functional groups attached to an aromatic ring is 1. The molecule has 0 unspecified atom stereocenters. The third kappa shape index (κ3) is 3.88. The van der Waals surface area contributed by atoms with Gasteiger partial charge in [0.15, 0.2) is 0 Å². The lowest BCUT2D eigenvalue weighted by Crippen LogP contribution is -2.33. The van der Waals surface area contributed by atoms with E-state index in [0.717, 1.165) is 49.5 Å². The molecule has 0 fully saturated rings. The monoisotopic (exact) mass is 290 g/mol. The second-order valence-electron chi connectivity index (χ2n) is 5.91. The zero-order chi connectivity index (χ0) is 15.4. The zero-order valence-electron chi connectivity index (χ0n) is 13.3. The number of hydrogen-bond donors (Lipinski definition) is 2. The van der Waals surface area contributed by atoms with Crippen LogP contribution in [0, 0.1) is 0 Å². The second-order valence-corrected chi connectivity index (χ2v) is 5.91. The first-order chi connectivity index (χ1) is 10.0. The Balaban J connectivity index is 2.25. The summed E-state index contributed by atoms with van der Waals surface area (Å²) in [6, 6.07) is 4.05. The van der Waals surface area contributed by atoms with Gasteiger partial charge in [0.25, 0.3) is 0 Å². The summed E-state index contributed by atoms with van der Waals surface area (Å²) in [6.07, 6.45) is 2.44. The number of amides is 1. The third-order valence-electron chi connectivity index (χ3n) is 3.80. The molecule has 3 N–H and O–H groups in total. The lowest BCUT2D eigenvalue weighted by atomic mass is 10.0. The molecular formula is C16H26N4O. The van der Waals surface area contributed by atoms with Crippen LogP contribution in [-0.4, -0.2) is 44.5 Å². The number of fused-ring (bicyclic) bond motifs is 1. The Kier molecular flexibility index (Phi) is 5.07. The molecule has 0 spiro atoms. The number of likely N-dealkylation sites (N-methyl/N-ethyl adjacent to an activating group) is 1. The maximum absolute atomic E-state index is 11.5. The van der Waals surface area contributed by atoms with E-state index in [2.05, 4.69) is 42.2 Å². The number of aryl methyl sites for hydroxylation is 1. The summed E-state index contributed by atoms with van der Waals surface area (Å²) in [7, 11) is 4.16. The van der Waals surface area contributed by atoms with Crippen LogP contribution in [0.4, 0.5) is 17.1 Å². The fourth-order valence-corrected chi connectivity index (χ4v) is 2.65. The van der Waals surface area contributed by atoms with Crippen LogP contribution < -0.4 is 16.0 Å². The molecule has 116 valence electrons. The largest absolute Gasteiger partial charge is 0.397 e. The Morgan fingerprint density at radius 2 is 1.95 bits per heavy atom. The van der Waals surface area contributed by atoms with E-state index in [0.29, 0.717) is 6.42 Å². The third-order valence-corrected chi connectivity index (χ3v) is 3.80. The summed E-state index contributed by atoms with van der Waals surface area (Å²) in [5, 5.41) is 2.90. The minimum Gasteiger partial charge on any atom is -0.397 e. The smallest absolute Gasteiger partial charge is 0.224 e. The quantitative estimate of drug-likeness (QED) is 0.786. The van der Waals surface area contributed by atoms with Gasteiger partial charge in [0.1, 0.15) is 0 Å². The van der Waals surface area contributed by atoms with E-state index in [4.69, 9.17) is 5.73 Å². The summed E-state index contributed by atoms with van der Waals surface area (Å²) >= 11 is 0. The molecule has 1 amide bonds. The normalized spacial score (nSPS) is 14.0. The highest BCUT2D eigenvalue weighted by Gasteiger charge is 2.18. The first kappa shape index (κ1) is 15.6. The molecule has 1 heterocycles. The standard InChI is InChI=1S/C16H26N4O/c1-4-7-20(9-8-19(2)3)15-10-12-5-6-16(21)18-14(12)11-13(15)17/h10-11H,4-9,17H2,1-3H3,(H,18,21). The van der Waals surface area contributed by atoms with E-state index in [1.807, 2.05) is 6.07 Å². The molecule has 1 aliphatic rings. The predicted octanol–water partition coefficient (Wildman–Crippen LogP) is 1.93. The van der Waals surface area contributed by atoms with Crippen LogP contribution in [0.3, 0.4) is 0 Å². The lowest BCUT2D eigenvalue weighted by molar-refractivity contribution is -0.116. The van der Waals surface area contributed by atoms with Gasteiger partial charge in [-0.1, -0.05) is 6.92 Å². The molecule has 0 radical (unpaired) electrons. The van der Waals surface area contributed by atoms with Crippen LogP contribution >= 0.6 is 0 Å². The molecule has 1 aliphatic heterocycles. The van der Waals surface area contributed by atoms with Gasteiger partial charge in [-0.05, 0) is 44.6 Å². The van der Waals surface area contributed by atoms with Crippen LogP contribution in [0.2, 0.25) is 0 Å². The number of carbonyl (C=O) groups excluding carboxylic acids is 1. The molecule has 0 aliphatic carbocycles. The highest BCUT2D eigenvalue weighted by Crippen LogP contribution is 2.33. The van der Waals surface area contributed by atoms with Crippen molar-refractivity contribution in [2.24, 2.45) is 0 Å². The van der Waals surface area contributed by atoms with E-state index in [1.165, 1.54) is 5.56 Å². The van der Waals surface area contributed by atoms with Crippen LogP contribution in [0.5, 0.6) is 0 Å². The Hall–Kier alpha value is -1.75. The van der Waals surface area contributed by atoms with Gasteiger partial charge in [-0.15, -0.1) is 0 Å². The van der Waals surface area contributed by atoms with Gasteiger partial charge < -0.3 is 20.9 Å². The van der Waals surface area contributed by atoms with Gasteiger partial charge in [0, 0.05) is 31.7 Å². The first-order valence-corrected chi connectivity index (χ1v) is 7.63. The number of anilines is 3. The summed E-state index contributed by atoms with van der Waals surface area (Å²) in [5.74, 6) is 0.0765. The van der Waals surface area contributed by atoms with E-state index in [-0.39, 0.29) is 5.91 Å². The lowest BCUT2D eigenvalue weighted by Gasteiger charge is -2.29. The maximum Gasteiger partial charge on any atom is 0.224 e.